The Bertz CT molecular complexity index is 504. The lowest BCUT2D eigenvalue weighted by Crippen LogP contribution is -1.96. The van der Waals surface area contributed by atoms with Crippen LogP contribution in [0.1, 0.15) is 5.82 Å². The van der Waals surface area contributed by atoms with Crippen LogP contribution in [0.2, 0.25) is 10.0 Å². The van der Waals surface area contributed by atoms with Gasteiger partial charge in [-0.25, -0.2) is 9.67 Å². The van der Waals surface area contributed by atoms with Crippen LogP contribution in [-0.4, -0.2) is 25.0 Å². The van der Waals surface area contributed by atoms with Crippen LogP contribution in [0.15, 0.2) is 18.5 Å². The number of aliphatic hydroxyl groups is 1. The highest BCUT2D eigenvalue weighted by atomic mass is 35.5. The van der Waals surface area contributed by atoms with Crippen LogP contribution in [0.5, 0.6) is 5.75 Å². The average Bonchev–Trinajstić information content (AvgIpc) is 2.73. The first kappa shape index (κ1) is 11.2. The highest BCUT2D eigenvalue weighted by Gasteiger charge is 2.09. The molecule has 2 aromatic rings. The molecular formula is C9H7Cl2N3O2. The quantitative estimate of drug-likeness (QED) is 0.863. The number of aliphatic hydroxyl groups excluding tert-OH is 1. The summed E-state index contributed by atoms with van der Waals surface area (Å²) >= 11 is 11.5. The van der Waals surface area contributed by atoms with E-state index in [1.165, 1.54) is 23.1 Å². The summed E-state index contributed by atoms with van der Waals surface area (Å²) in [5.41, 5.74) is 0.556. The van der Waals surface area contributed by atoms with E-state index in [4.69, 9.17) is 28.3 Å². The summed E-state index contributed by atoms with van der Waals surface area (Å²) in [6, 6.07) is 3.00. The van der Waals surface area contributed by atoms with Gasteiger partial charge >= 0.3 is 0 Å². The van der Waals surface area contributed by atoms with Gasteiger partial charge in [-0.1, -0.05) is 23.2 Å². The lowest BCUT2D eigenvalue weighted by molar-refractivity contribution is 0.271. The van der Waals surface area contributed by atoms with Crippen LogP contribution in [0.4, 0.5) is 0 Å². The molecule has 0 aliphatic rings. The zero-order valence-corrected chi connectivity index (χ0v) is 9.44. The van der Waals surface area contributed by atoms with Crippen molar-refractivity contribution in [2.45, 2.75) is 6.61 Å². The lowest BCUT2D eigenvalue weighted by atomic mass is 10.3. The summed E-state index contributed by atoms with van der Waals surface area (Å²) in [7, 11) is 0. The van der Waals surface area contributed by atoms with E-state index >= 15 is 0 Å². The van der Waals surface area contributed by atoms with Gasteiger partial charge in [-0.3, -0.25) is 0 Å². The second-order valence-corrected chi connectivity index (χ2v) is 3.84. The van der Waals surface area contributed by atoms with E-state index in [0.717, 1.165) is 0 Å². The molecule has 0 unspecified atom stereocenters. The van der Waals surface area contributed by atoms with E-state index in [1.807, 2.05) is 0 Å². The van der Waals surface area contributed by atoms with Gasteiger partial charge in [0.1, 0.15) is 12.9 Å². The maximum atomic E-state index is 9.38. The van der Waals surface area contributed by atoms with Crippen LogP contribution in [-0.2, 0) is 6.61 Å². The van der Waals surface area contributed by atoms with Gasteiger partial charge in [0, 0.05) is 0 Å². The molecule has 5 nitrogen and oxygen atoms in total. The molecule has 1 aromatic carbocycles. The Labute approximate surface area is 101 Å². The van der Waals surface area contributed by atoms with E-state index in [-0.39, 0.29) is 22.4 Å². The van der Waals surface area contributed by atoms with Gasteiger partial charge in [0.2, 0.25) is 0 Å². The van der Waals surface area contributed by atoms with Crippen LogP contribution in [0.3, 0.4) is 0 Å². The topological polar surface area (TPSA) is 71.2 Å². The SMILES string of the molecule is OCc1ncn(-c2cc(Cl)c(O)c(Cl)c2)n1. The Morgan fingerprint density at radius 1 is 1.25 bits per heavy atom. The zero-order valence-electron chi connectivity index (χ0n) is 7.93. The predicted octanol–water partition coefficient (Wildman–Crippen LogP) is 1.77. The molecule has 0 spiro atoms. The molecule has 84 valence electrons. The standard InChI is InChI=1S/C9H7Cl2N3O2/c10-6-1-5(2-7(11)9(6)16)14-4-12-8(3-15)13-14/h1-2,4,15-16H,3H2. The number of nitrogens with zero attached hydrogens (tertiary/aromatic N) is 3. The van der Waals surface area contributed by atoms with E-state index in [9.17, 15) is 5.11 Å². The number of aromatic hydroxyl groups is 1. The van der Waals surface area contributed by atoms with Crippen molar-refractivity contribution < 1.29 is 10.2 Å². The number of aromatic nitrogens is 3. The number of hydrogen-bond acceptors (Lipinski definition) is 4. The largest absolute Gasteiger partial charge is 0.505 e. The molecule has 0 atom stereocenters. The highest BCUT2D eigenvalue weighted by Crippen LogP contribution is 2.33. The number of rotatable bonds is 2. The van der Waals surface area contributed by atoms with Gasteiger partial charge in [0.15, 0.2) is 11.6 Å². The third-order valence-electron chi connectivity index (χ3n) is 1.95. The van der Waals surface area contributed by atoms with E-state index in [0.29, 0.717) is 11.5 Å². The van der Waals surface area contributed by atoms with Crippen LogP contribution in [0.25, 0.3) is 5.69 Å². The second-order valence-electron chi connectivity index (χ2n) is 3.02. The zero-order chi connectivity index (χ0) is 11.7. The van der Waals surface area contributed by atoms with Crippen LogP contribution >= 0.6 is 23.2 Å². The molecule has 0 saturated carbocycles. The number of benzene rings is 1. The summed E-state index contributed by atoms with van der Waals surface area (Å²) < 4.78 is 1.41. The second kappa shape index (κ2) is 4.29. The minimum Gasteiger partial charge on any atom is -0.505 e. The number of halogens is 2. The maximum Gasteiger partial charge on any atom is 0.176 e. The molecule has 2 N–H and O–H groups in total. The number of phenolic OH excluding ortho intramolecular Hbond substituents is 1. The molecule has 0 radical (unpaired) electrons. The third-order valence-corrected chi connectivity index (χ3v) is 2.52. The molecule has 7 heteroatoms. The first-order valence-electron chi connectivity index (χ1n) is 4.31. The third kappa shape index (κ3) is 1.97. The molecule has 0 amide bonds. The van der Waals surface area contributed by atoms with Crippen molar-refractivity contribution in [2.24, 2.45) is 0 Å². The van der Waals surface area contributed by atoms with Crippen molar-refractivity contribution in [3.8, 4) is 11.4 Å². The summed E-state index contributed by atoms with van der Waals surface area (Å²) in [4.78, 5) is 3.85. The molecule has 0 aliphatic heterocycles. The van der Waals surface area contributed by atoms with Gasteiger partial charge in [0.05, 0.1) is 15.7 Å². The van der Waals surface area contributed by atoms with E-state index in [2.05, 4.69) is 10.1 Å². The number of phenols is 1. The molecule has 16 heavy (non-hydrogen) atoms. The van der Waals surface area contributed by atoms with Crippen molar-refractivity contribution in [3.05, 3.63) is 34.3 Å². The Hall–Kier alpha value is -1.30. The van der Waals surface area contributed by atoms with Crippen molar-refractivity contribution >= 4 is 23.2 Å². The molecule has 2 rings (SSSR count). The Morgan fingerprint density at radius 3 is 2.38 bits per heavy atom. The van der Waals surface area contributed by atoms with E-state index < -0.39 is 0 Å². The van der Waals surface area contributed by atoms with Gasteiger partial charge < -0.3 is 10.2 Å². The molecule has 1 aromatic heterocycles. The fourth-order valence-corrected chi connectivity index (χ4v) is 1.65. The summed E-state index contributed by atoms with van der Waals surface area (Å²) in [5, 5.41) is 22.4. The maximum absolute atomic E-state index is 9.38. The molecule has 0 saturated heterocycles. The fraction of sp³-hybridized carbons (Fsp3) is 0.111. The Balaban J connectivity index is 2.48. The fourth-order valence-electron chi connectivity index (χ4n) is 1.18. The van der Waals surface area contributed by atoms with Crippen molar-refractivity contribution in [2.75, 3.05) is 0 Å². The molecule has 1 heterocycles. The average molecular weight is 260 g/mol. The minimum absolute atomic E-state index is 0.128. The summed E-state index contributed by atoms with van der Waals surface area (Å²) in [6.45, 7) is -0.244. The molecule has 0 aliphatic carbocycles. The monoisotopic (exact) mass is 259 g/mol. The van der Waals surface area contributed by atoms with Crippen LogP contribution < -0.4 is 0 Å². The Morgan fingerprint density at radius 2 is 1.88 bits per heavy atom. The molecule has 0 bridgehead atoms. The first-order chi connectivity index (χ1) is 7.61. The van der Waals surface area contributed by atoms with Crippen molar-refractivity contribution in [3.63, 3.8) is 0 Å². The van der Waals surface area contributed by atoms with Crippen molar-refractivity contribution in [1.29, 1.82) is 0 Å². The van der Waals surface area contributed by atoms with Gasteiger partial charge in [-0.2, -0.15) is 0 Å². The minimum atomic E-state index is -0.244. The normalized spacial score (nSPS) is 10.7. The van der Waals surface area contributed by atoms with Gasteiger partial charge in [0.25, 0.3) is 0 Å². The van der Waals surface area contributed by atoms with Gasteiger partial charge in [-0.05, 0) is 12.1 Å². The van der Waals surface area contributed by atoms with Crippen LogP contribution in [0, 0.1) is 0 Å². The molecule has 0 fully saturated rings. The van der Waals surface area contributed by atoms with E-state index in [1.54, 1.807) is 0 Å². The number of hydrogen-bond donors (Lipinski definition) is 2. The smallest absolute Gasteiger partial charge is 0.176 e. The Kier molecular flexibility index (Phi) is 3.00. The predicted molar refractivity (Wildman–Crippen MR) is 59.0 cm³/mol. The molecular weight excluding hydrogens is 253 g/mol. The summed E-state index contributed by atoms with van der Waals surface area (Å²) in [6.07, 6.45) is 1.42. The highest BCUT2D eigenvalue weighted by molar-refractivity contribution is 6.37. The lowest BCUT2D eigenvalue weighted by Gasteiger charge is -2.04. The van der Waals surface area contributed by atoms with Crippen molar-refractivity contribution in [1.82, 2.24) is 14.8 Å². The first-order valence-corrected chi connectivity index (χ1v) is 5.07. The van der Waals surface area contributed by atoms with Gasteiger partial charge in [-0.15, -0.1) is 5.10 Å². The summed E-state index contributed by atoms with van der Waals surface area (Å²) in [5.74, 6) is 0.120.